The number of nitrogens with one attached hydrogen (secondary N) is 2. The minimum atomic E-state index is -3.68. The van der Waals surface area contributed by atoms with Crippen LogP contribution < -0.4 is 14.9 Å². The molecule has 0 atom stereocenters. The fraction of sp³-hybridized carbons (Fsp3) is 0.208. The number of nitrogens with zero attached hydrogens (tertiary/aromatic N) is 1. The van der Waals surface area contributed by atoms with E-state index in [1.165, 1.54) is 12.1 Å². The molecule has 31 heavy (non-hydrogen) atoms. The second-order valence-corrected chi connectivity index (χ2v) is 9.33. The number of para-hydroxylation sites is 2. The smallest absolute Gasteiger partial charge is 0.255 e. The van der Waals surface area contributed by atoms with Gasteiger partial charge in [-0.3, -0.25) is 4.79 Å². The minimum absolute atomic E-state index is 0.0586. The second-order valence-electron chi connectivity index (χ2n) is 7.62. The average Bonchev–Trinajstić information content (AvgIpc) is 2.74. The molecule has 3 rings (SSSR count). The Morgan fingerprint density at radius 1 is 0.935 bits per heavy atom. The molecule has 0 unspecified atom stereocenters. The molecule has 0 saturated heterocycles. The SMILES string of the molecule is CC(C)NS(=O)(=O)c1cccc(C(=O)Nc2ccccc2N(C)Cc2ccccc2)c1. The van der Waals surface area contributed by atoms with Crippen molar-refractivity contribution in [3.63, 3.8) is 0 Å². The Bertz CT molecular complexity index is 1150. The number of rotatable bonds is 8. The van der Waals surface area contributed by atoms with Gasteiger partial charge >= 0.3 is 0 Å². The first-order valence-corrected chi connectivity index (χ1v) is 11.5. The first-order chi connectivity index (χ1) is 14.8. The molecule has 0 aliphatic carbocycles. The Morgan fingerprint density at radius 3 is 2.32 bits per heavy atom. The van der Waals surface area contributed by atoms with Gasteiger partial charge in [-0.05, 0) is 49.7 Å². The van der Waals surface area contributed by atoms with Crippen molar-refractivity contribution < 1.29 is 13.2 Å². The van der Waals surface area contributed by atoms with Gasteiger partial charge in [0.05, 0.1) is 16.3 Å². The summed E-state index contributed by atoms with van der Waals surface area (Å²) in [7, 11) is -1.72. The summed E-state index contributed by atoms with van der Waals surface area (Å²) in [4.78, 5) is 15.0. The Labute approximate surface area is 184 Å². The van der Waals surface area contributed by atoms with Crippen LogP contribution in [0.15, 0.2) is 83.8 Å². The Hall–Kier alpha value is -3.16. The fourth-order valence-corrected chi connectivity index (χ4v) is 4.53. The molecule has 1 amide bonds. The van der Waals surface area contributed by atoms with Gasteiger partial charge in [0.1, 0.15) is 0 Å². The van der Waals surface area contributed by atoms with E-state index >= 15 is 0 Å². The van der Waals surface area contributed by atoms with E-state index in [2.05, 4.69) is 27.1 Å². The van der Waals surface area contributed by atoms with Gasteiger partial charge < -0.3 is 10.2 Å². The molecule has 0 radical (unpaired) electrons. The lowest BCUT2D eigenvalue weighted by Crippen LogP contribution is -2.30. The molecular formula is C24H27N3O3S. The molecule has 162 valence electrons. The number of anilines is 2. The van der Waals surface area contributed by atoms with Crippen molar-refractivity contribution in [1.29, 1.82) is 0 Å². The summed E-state index contributed by atoms with van der Waals surface area (Å²) in [5.74, 6) is -0.373. The lowest BCUT2D eigenvalue weighted by atomic mass is 10.1. The van der Waals surface area contributed by atoms with Gasteiger partial charge in [0.15, 0.2) is 0 Å². The summed E-state index contributed by atoms with van der Waals surface area (Å²) in [6.45, 7) is 4.18. The normalized spacial score (nSPS) is 11.4. The quantitative estimate of drug-likeness (QED) is 0.552. The van der Waals surface area contributed by atoms with Crippen molar-refractivity contribution in [3.8, 4) is 0 Å². The van der Waals surface area contributed by atoms with E-state index in [4.69, 9.17) is 0 Å². The maximum absolute atomic E-state index is 12.9. The monoisotopic (exact) mass is 437 g/mol. The Balaban J connectivity index is 1.81. The number of amides is 1. The van der Waals surface area contributed by atoms with Gasteiger partial charge in [0.2, 0.25) is 10.0 Å². The van der Waals surface area contributed by atoms with Crippen LogP contribution in [-0.4, -0.2) is 27.4 Å². The summed E-state index contributed by atoms with van der Waals surface area (Å²) in [5, 5.41) is 2.92. The van der Waals surface area contributed by atoms with E-state index in [1.54, 1.807) is 26.0 Å². The molecule has 7 heteroatoms. The van der Waals surface area contributed by atoms with E-state index in [1.807, 2.05) is 49.5 Å². The molecule has 0 aliphatic rings. The van der Waals surface area contributed by atoms with Crippen LogP contribution in [0.1, 0.15) is 29.8 Å². The third kappa shape index (κ3) is 5.93. The molecule has 3 aromatic carbocycles. The third-order valence-electron chi connectivity index (χ3n) is 4.62. The second kappa shape index (κ2) is 9.76. The number of benzene rings is 3. The molecule has 2 N–H and O–H groups in total. The van der Waals surface area contributed by atoms with Crippen molar-refractivity contribution in [2.24, 2.45) is 0 Å². The Morgan fingerprint density at radius 2 is 1.61 bits per heavy atom. The van der Waals surface area contributed by atoms with Gasteiger partial charge in [-0.1, -0.05) is 48.5 Å². The fourth-order valence-electron chi connectivity index (χ4n) is 3.23. The average molecular weight is 438 g/mol. The number of hydrogen-bond donors (Lipinski definition) is 2. The first-order valence-electron chi connectivity index (χ1n) is 10.0. The lowest BCUT2D eigenvalue weighted by Gasteiger charge is -2.23. The van der Waals surface area contributed by atoms with Crippen molar-refractivity contribution in [1.82, 2.24) is 4.72 Å². The molecule has 0 saturated carbocycles. The van der Waals surface area contributed by atoms with Crippen LogP contribution in [0.25, 0.3) is 0 Å². The lowest BCUT2D eigenvalue weighted by molar-refractivity contribution is 0.102. The first kappa shape index (κ1) is 22.5. The van der Waals surface area contributed by atoms with Crippen LogP contribution in [-0.2, 0) is 16.6 Å². The largest absolute Gasteiger partial charge is 0.369 e. The number of sulfonamides is 1. The predicted octanol–water partition coefficient (Wildman–Crippen LogP) is 4.26. The molecular weight excluding hydrogens is 410 g/mol. The minimum Gasteiger partial charge on any atom is -0.369 e. The molecule has 0 aliphatic heterocycles. The van der Waals surface area contributed by atoms with Crippen LogP contribution in [0.3, 0.4) is 0 Å². The van der Waals surface area contributed by atoms with Crippen LogP contribution in [0.5, 0.6) is 0 Å². The number of hydrogen-bond acceptors (Lipinski definition) is 4. The number of carbonyl (C=O) groups is 1. The third-order valence-corrected chi connectivity index (χ3v) is 6.28. The van der Waals surface area contributed by atoms with Crippen molar-refractivity contribution >= 4 is 27.3 Å². The van der Waals surface area contributed by atoms with E-state index in [-0.39, 0.29) is 22.4 Å². The predicted molar refractivity (Wildman–Crippen MR) is 125 cm³/mol. The zero-order valence-electron chi connectivity index (χ0n) is 17.9. The molecule has 0 bridgehead atoms. The molecule has 0 heterocycles. The molecule has 6 nitrogen and oxygen atoms in total. The van der Waals surface area contributed by atoms with E-state index in [0.717, 1.165) is 11.3 Å². The number of carbonyl (C=O) groups excluding carboxylic acids is 1. The molecule has 0 spiro atoms. The highest BCUT2D eigenvalue weighted by Gasteiger charge is 2.18. The standard InChI is InChI=1S/C24H27N3O3S/c1-18(2)26-31(29,30)21-13-9-12-20(16-21)24(28)25-22-14-7-8-15-23(22)27(3)17-19-10-5-4-6-11-19/h4-16,18,26H,17H2,1-3H3,(H,25,28). The highest BCUT2D eigenvalue weighted by atomic mass is 32.2. The van der Waals surface area contributed by atoms with Gasteiger partial charge in [-0.25, -0.2) is 13.1 Å². The van der Waals surface area contributed by atoms with E-state index < -0.39 is 10.0 Å². The van der Waals surface area contributed by atoms with Crippen molar-refractivity contribution in [3.05, 3.63) is 90.0 Å². The summed E-state index contributed by atoms with van der Waals surface area (Å²) < 4.78 is 27.4. The van der Waals surface area contributed by atoms with E-state index in [0.29, 0.717) is 12.2 Å². The van der Waals surface area contributed by atoms with Crippen LogP contribution in [0, 0.1) is 0 Å². The topological polar surface area (TPSA) is 78.5 Å². The van der Waals surface area contributed by atoms with Gasteiger partial charge in [0, 0.05) is 25.2 Å². The van der Waals surface area contributed by atoms with Crippen molar-refractivity contribution in [2.75, 3.05) is 17.3 Å². The molecule has 3 aromatic rings. The zero-order valence-corrected chi connectivity index (χ0v) is 18.7. The maximum Gasteiger partial charge on any atom is 0.255 e. The summed E-state index contributed by atoms with van der Waals surface area (Å²) in [6, 6.07) is 23.4. The van der Waals surface area contributed by atoms with Crippen molar-refractivity contribution in [2.45, 2.75) is 31.3 Å². The molecule has 0 fully saturated rings. The van der Waals surface area contributed by atoms with Gasteiger partial charge in [-0.15, -0.1) is 0 Å². The van der Waals surface area contributed by atoms with Gasteiger partial charge in [0.25, 0.3) is 5.91 Å². The van der Waals surface area contributed by atoms with Crippen LogP contribution in [0.2, 0.25) is 0 Å². The zero-order chi connectivity index (χ0) is 22.4. The van der Waals surface area contributed by atoms with E-state index in [9.17, 15) is 13.2 Å². The van der Waals surface area contributed by atoms with Crippen LogP contribution in [0.4, 0.5) is 11.4 Å². The highest BCUT2D eigenvalue weighted by Crippen LogP contribution is 2.26. The summed E-state index contributed by atoms with van der Waals surface area (Å²) >= 11 is 0. The molecule has 0 aromatic heterocycles. The maximum atomic E-state index is 12.9. The highest BCUT2D eigenvalue weighted by molar-refractivity contribution is 7.89. The summed E-state index contributed by atoms with van der Waals surface area (Å²) in [5.41, 5.74) is 2.94. The Kier molecular flexibility index (Phi) is 7.09. The summed E-state index contributed by atoms with van der Waals surface area (Å²) in [6.07, 6.45) is 0. The van der Waals surface area contributed by atoms with Gasteiger partial charge in [-0.2, -0.15) is 0 Å². The van der Waals surface area contributed by atoms with Crippen LogP contribution >= 0.6 is 0 Å².